The topological polar surface area (TPSA) is 104 Å². The third-order valence-corrected chi connectivity index (χ3v) is 4.75. The molecule has 2 bridgehead atoms. The Balaban J connectivity index is 1.54. The number of anilines is 3. The normalized spacial score (nSPS) is 17.7. The van der Waals surface area contributed by atoms with Gasteiger partial charge in [-0.1, -0.05) is 9.97 Å². The van der Waals surface area contributed by atoms with Gasteiger partial charge in [0.25, 0.3) is 6.33 Å². The van der Waals surface area contributed by atoms with E-state index in [-0.39, 0.29) is 12.1 Å². The average Bonchev–Trinajstić information content (AvgIpc) is 3.30. The highest BCUT2D eigenvalue weighted by atomic mass is 16.5. The van der Waals surface area contributed by atoms with Crippen molar-refractivity contribution >= 4 is 23.4 Å². The molecule has 0 unspecified atom stereocenters. The summed E-state index contributed by atoms with van der Waals surface area (Å²) in [6.07, 6.45) is 7.06. The Labute approximate surface area is 154 Å². The second-order valence-corrected chi connectivity index (χ2v) is 6.47. The molecule has 1 atom stereocenters. The molecule has 10 heteroatoms. The van der Waals surface area contributed by atoms with Crippen LogP contribution < -0.4 is 19.9 Å². The van der Waals surface area contributed by atoms with Crippen molar-refractivity contribution in [2.75, 3.05) is 28.2 Å². The van der Waals surface area contributed by atoms with Crippen molar-refractivity contribution in [3.05, 3.63) is 42.9 Å². The Morgan fingerprint density at radius 1 is 1.33 bits per heavy atom. The number of carbonyl (C=O) groups is 1. The minimum absolute atomic E-state index is 0.0541. The van der Waals surface area contributed by atoms with Crippen molar-refractivity contribution in [1.82, 2.24) is 19.9 Å². The molecule has 0 radical (unpaired) electrons. The maximum Gasteiger partial charge on any atom is 0.330 e. The van der Waals surface area contributed by atoms with Crippen LogP contribution >= 0.6 is 0 Å². The molecule has 0 spiro atoms. The number of nitrogens with one attached hydrogen (secondary N) is 1. The van der Waals surface area contributed by atoms with E-state index in [1.165, 1.54) is 17.1 Å². The van der Waals surface area contributed by atoms with E-state index in [2.05, 4.69) is 25.2 Å². The minimum atomic E-state index is -0.272. The summed E-state index contributed by atoms with van der Waals surface area (Å²) in [5, 5.41) is 2.81. The van der Waals surface area contributed by atoms with Gasteiger partial charge in [0, 0.05) is 38.5 Å². The van der Waals surface area contributed by atoms with Crippen LogP contribution in [0, 0.1) is 6.92 Å². The van der Waals surface area contributed by atoms with Gasteiger partial charge in [-0.05, 0) is 17.2 Å². The number of amides is 2. The molecule has 2 aliphatic rings. The van der Waals surface area contributed by atoms with Crippen LogP contribution in [0.1, 0.15) is 12.3 Å². The van der Waals surface area contributed by atoms with E-state index < -0.39 is 0 Å². The molecule has 3 aromatic heterocycles. The first-order valence-corrected chi connectivity index (χ1v) is 8.66. The van der Waals surface area contributed by atoms with Crippen LogP contribution in [-0.4, -0.2) is 45.1 Å². The molecule has 27 heavy (non-hydrogen) atoms. The average molecular weight is 365 g/mol. The van der Waals surface area contributed by atoms with Crippen molar-refractivity contribution in [2.45, 2.75) is 19.4 Å². The first-order valence-electron chi connectivity index (χ1n) is 8.66. The monoisotopic (exact) mass is 365 g/mol. The standard InChI is InChI=1S/C17H16N8O2/c1-11-20-10-24(27-11)15-3-2-13-16(22-15)25(12-4-7-23(13)9-12)17(26)21-14-8-18-5-6-19-14/h2-3,5-6,8,10,12H,4,7,9H2,1H3/p+1/t12-/m0/s1. The number of carbonyl (C=O) groups excluding carboxylic acids is 1. The van der Waals surface area contributed by atoms with Gasteiger partial charge in [0.1, 0.15) is 0 Å². The van der Waals surface area contributed by atoms with Crippen LogP contribution in [0.3, 0.4) is 0 Å². The zero-order valence-electron chi connectivity index (χ0n) is 14.6. The third kappa shape index (κ3) is 2.65. The summed E-state index contributed by atoms with van der Waals surface area (Å²) in [6.45, 7) is 3.44. The second-order valence-electron chi connectivity index (χ2n) is 6.47. The predicted octanol–water partition coefficient (Wildman–Crippen LogP) is 1.08. The van der Waals surface area contributed by atoms with E-state index in [9.17, 15) is 4.79 Å². The second kappa shape index (κ2) is 6.01. The van der Waals surface area contributed by atoms with Gasteiger partial charge >= 0.3 is 17.7 Å². The molecular formula is C17H17N8O2+. The number of hydrogen-bond acceptors (Lipinski definition) is 7. The molecule has 0 aliphatic carbocycles. The molecule has 0 saturated carbocycles. The maximum atomic E-state index is 13.0. The number of fused-ring (bicyclic) bond motifs is 4. The summed E-state index contributed by atoms with van der Waals surface area (Å²) in [5.74, 6) is 2.11. The fourth-order valence-corrected chi connectivity index (χ4v) is 3.55. The van der Waals surface area contributed by atoms with Crippen LogP contribution in [0.25, 0.3) is 5.82 Å². The van der Waals surface area contributed by atoms with Crippen LogP contribution in [-0.2, 0) is 0 Å². The van der Waals surface area contributed by atoms with Crippen molar-refractivity contribution in [2.24, 2.45) is 0 Å². The lowest BCUT2D eigenvalue weighted by Gasteiger charge is -2.33. The lowest BCUT2D eigenvalue weighted by atomic mass is 10.2. The van der Waals surface area contributed by atoms with Gasteiger partial charge in [-0.2, -0.15) is 0 Å². The van der Waals surface area contributed by atoms with Gasteiger partial charge in [0.2, 0.25) is 5.82 Å². The van der Waals surface area contributed by atoms with Gasteiger partial charge in [0.05, 0.1) is 17.9 Å². The zero-order valence-corrected chi connectivity index (χ0v) is 14.6. The largest absolute Gasteiger partial charge is 0.365 e. The number of aromatic nitrogens is 5. The van der Waals surface area contributed by atoms with Crippen molar-refractivity contribution in [3.8, 4) is 5.82 Å². The SMILES string of the molecule is Cc1nc[n+](-c2ccc3c(n2)N(C(=O)Nc2cnccn2)[C@H]2CCN3C2)o1. The number of urea groups is 1. The van der Waals surface area contributed by atoms with E-state index in [1.54, 1.807) is 24.3 Å². The molecule has 3 aromatic rings. The number of nitrogens with zero attached hydrogens (tertiary/aromatic N) is 7. The molecular weight excluding hydrogens is 348 g/mol. The van der Waals surface area contributed by atoms with Crippen molar-refractivity contribution in [3.63, 3.8) is 0 Å². The summed E-state index contributed by atoms with van der Waals surface area (Å²) in [6, 6.07) is 3.61. The Morgan fingerprint density at radius 3 is 3.04 bits per heavy atom. The predicted molar refractivity (Wildman–Crippen MR) is 94.7 cm³/mol. The Morgan fingerprint density at radius 2 is 2.26 bits per heavy atom. The molecule has 1 N–H and O–H groups in total. The fraction of sp³-hybridized carbons (Fsp3) is 0.294. The minimum Gasteiger partial charge on any atom is -0.365 e. The van der Waals surface area contributed by atoms with E-state index in [0.717, 1.165) is 25.2 Å². The van der Waals surface area contributed by atoms with Crippen molar-refractivity contribution < 1.29 is 14.1 Å². The summed E-state index contributed by atoms with van der Waals surface area (Å²) < 4.78 is 7.00. The lowest BCUT2D eigenvalue weighted by Crippen LogP contribution is -2.48. The quantitative estimate of drug-likeness (QED) is 0.678. The van der Waals surface area contributed by atoms with E-state index in [1.807, 2.05) is 12.1 Å². The number of rotatable bonds is 2. The molecule has 5 heterocycles. The lowest BCUT2D eigenvalue weighted by molar-refractivity contribution is -0.788. The first-order chi connectivity index (χ1) is 13.2. The van der Waals surface area contributed by atoms with Gasteiger partial charge in [-0.15, -0.1) is 0 Å². The van der Waals surface area contributed by atoms with Crippen LogP contribution in [0.5, 0.6) is 0 Å². The number of aryl methyl sites for hydroxylation is 1. The highest BCUT2D eigenvalue weighted by Gasteiger charge is 2.42. The molecule has 136 valence electrons. The summed E-state index contributed by atoms with van der Waals surface area (Å²) in [7, 11) is 0. The Hall–Kier alpha value is -3.56. The first kappa shape index (κ1) is 15.7. The zero-order chi connectivity index (χ0) is 18.4. The number of pyridine rings is 1. The number of hydrogen-bond donors (Lipinski definition) is 1. The molecule has 2 amide bonds. The smallest absolute Gasteiger partial charge is 0.330 e. The van der Waals surface area contributed by atoms with Gasteiger partial charge in [0.15, 0.2) is 5.82 Å². The highest BCUT2D eigenvalue weighted by Crippen LogP contribution is 2.39. The Bertz CT molecular complexity index is 1010. The van der Waals surface area contributed by atoms with Crippen LogP contribution in [0.2, 0.25) is 0 Å². The molecule has 1 saturated heterocycles. The molecule has 2 aliphatic heterocycles. The van der Waals surface area contributed by atoms with Crippen LogP contribution in [0.15, 0.2) is 41.6 Å². The fourth-order valence-electron chi connectivity index (χ4n) is 3.55. The van der Waals surface area contributed by atoms with Crippen molar-refractivity contribution in [1.29, 1.82) is 0 Å². The van der Waals surface area contributed by atoms with E-state index >= 15 is 0 Å². The third-order valence-electron chi connectivity index (χ3n) is 4.75. The summed E-state index contributed by atoms with van der Waals surface area (Å²) >= 11 is 0. The van der Waals surface area contributed by atoms with Crippen LogP contribution in [0.4, 0.5) is 22.1 Å². The highest BCUT2D eigenvalue weighted by molar-refractivity contribution is 6.04. The maximum absolute atomic E-state index is 13.0. The van der Waals surface area contributed by atoms with Gasteiger partial charge < -0.3 is 4.90 Å². The molecule has 5 rings (SSSR count). The molecule has 0 aromatic carbocycles. The summed E-state index contributed by atoms with van der Waals surface area (Å²) in [5.41, 5.74) is 0.929. The van der Waals surface area contributed by atoms with Gasteiger partial charge in [-0.3, -0.25) is 19.7 Å². The summed E-state index contributed by atoms with van der Waals surface area (Å²) in [4.78, 5) is 33.9. The van der Waals surface area contributed by atoms with Gasteiger partial charge in [-0.25, -0.2) is 9.78 Å². The van der Waals surface area contributed by atoms with E-state index in [4.69, 9.17) is 9.51 Å². The Kier molecular flexibility index (Phi) is 3.49. The molecule has 10 nitrogen and oxygen atoms in total. The van der Waals surface area contributed by atoms with E-state index in [0.29, 0.717) is 23.3 Å². The molecule has 1 fully saturated rings.